The summed E-state index contributed by atoms with van der Waals surface area (Å²) in [5, 5.41) is 3.01. The molecule has 0 spiro atoms. The number of hydrogen-bond acceptors (Lipinski definition) is 3. The Hall–Kier alpha value is -2.33. The van der Waals surface area contributed by atoms with Gasteiger partial charge in [-0.05, 0) is 47.2 Å². The molecule has 0 N–H and O–H groups in total. The highest BCUT2D eigenvalue weighted by molar-refractivity contribution is 7.17. The average molecular weight is 312 g/mol. The normalized spacial score (nSPS) is 10.8. The molecule has 0 saturated carbocycles. The molecular formula is C18H13FO2S. The van der Waals surface area contributed by atoms with Crippen LogP contribution < -0.4 is 0 Å². The third kappa shape index (κ3) is 3.12. The van der Waals surface area contributed by atoms with Crippen molar-refractivity contribution in [3.05, 3.63) is 70.9 Å². The van der Waals surface area contributed by atoms with Gasteiger partial charge in [-0.25, -0.2) is 4.39 Å². The first-order valence-corrected chi connectivity index (χ1v) is 7.81. The Morgan fingerprint density at radius 2 is 1.64 bits per heavy atom. The molecule has 0 aliphatic rings. The molecule has 0 bridgehead atoms. The van der Waals surface area contributed by atoms with Gasteiger partial charge < -0.3 is 0 Å². The molecule has 0 aliphatic heterocycles. The Morgan fingerprint density at radius 1 is 0.909 bits per heavy atom. The summed E-state index contributed by atoms with van der Waals surface area (Å²) in [6, 6.07) is 13.1. The fourth-order valence-corrected chi connectivity index (χ4v) is 3.09. The van der Waals surface area contributed by atoms with Crippen LogP contribution in [0, 0.1) is 5.82 Å². The van der Waals surface area contributed by atoms with E-state index in [1.54, 1.807) is 23.5 Å². The van der Waals surface area contributed by atoms with Gasteiger partial charge >= 0.3 is 0 Å². The number of carbonyl (C=O) groups excluding carboxylic acids is 2. The van der Waals surface area contributed by atoms with Crippen molar-refractivity contribution in [3.63, 3.8) is 0 Å². The number of thiophene rings is 1. The van der Waals surface area contributed by atoms with E-state index >= 15 is 0 Å². The summed E-state index contributed by atoms with van der Waals surface area (Å²) in [4.78, 5) is 24.2. The largest absolute Gasteiger partial charge is 0.294 e. The number of halogens is 1. The number of benzene rings is 2. The van der Waals surface area contributed by atoms with Gasteiger partial charge in [0.05, 0.1) is 0 Å². The molecule has 0 radical (unpaired) electrons. The quantitative estimate of drug-likeness (QED) is 0.629. The lowest BCUT2D eigenvalue weighted by molar-refractivity contribution is 0.0917. The molecule has 0 atom stereocenters. The number of ketones is 2. The minimum absolute atomic E-state index is 0.0714. The Bertz CT molecular complexity index is 851. The minimum Gasteiger partial charge on any atom is -0.294 e. The lowest BCUT2D eigenvalue weighted by Gasteiger charge is -2.02. The molecule has 0 fully saturated rings. The van der Waals surface area contributed by atoms with Crippen LogP contribution >= 0.6 is 11.3 Å². The standard InChI is InChI=1S/C18H13FO2S/c19-15-3-1-2-12(11-15)16(20)5-6-17(21)13-4-7-18-14(10-13)8-9-22-18/h1-4,7-11H,5-6H2. The van der Waals surface area contributed by atoms with Crippen molar-refractivity contribution < 1.29 is 14.0 Å². The van der Waals surface area contributed by atoms with E-state index in [1.807, 2.05) is 23.6 Å². The molecule has 0 unspecified atom stereocenters. The lowest BCUT2D eigenvalue weighted by atomic mass is 10.0. The first-order chi connectivity index (χ1) is 10.6. The molecule has 3 aromatic rings. The van der Waals surface area contributed by atoms with Gasteiger partial charge in [0.15, 0.2) is 11.6 Å². The van der Waals surface area contributed by atoms with E-state index in [2.05, 4.69) is 0 Å². The Morgan fingerprint density at radius 3 is 2.36 bits per heavy atom. The van der Waals surface area contributed by atoms with Gasteiger partial charge in [-0.1, -0.05) is 12.1 Å². The van der Waals surface area contributed by atoms with Crippen molar-refractivity contribution in [2.24, 2.45) is 0 Å². The van der Waals surface area contributed by atoms with E-state index in [0.29, 0.717) is 11.1 Å². The molecule has 22 heavy (non-hydrogen) atoms. The molecule has 2 nitrogen and oxygen atoms in total. The zero-order valence-electron chi connectivity index (χ0n) is 11.7. The number of hydrogen-bond donors (Lipinski definition) is 0. The minimum atomic E-state index is -0.444. The molecule has 0 saturated heterocycles. The molecule has 110 valence electrons. The summed E-state index contributed by atoms with van der Waals surface area (Å²) in [5.41, 5.74) is 0.916. The number of rotatable bonds is 5. The van der Waals surface area contributed by atoms with Gasteiger partial charge in [0.1, 0.15) is 5.82 Å². The fraction of sp³-hybridized carbons (Fsp3) is 0.111. The maximum atomic E-state index is 13.1. The van der Waals surface area contributed by atoms with Crippen LogP contribution in [0.3, 0.4) is 0 Å². The second kappa shape index (κ2) is 6.20. The highest BCUT2D eigenvalue weighted by atomic mass is 32.1. The summed E-state index contributed by atoms with van der Waals surface area (Å²) in [6.07, 6.45) is 0.217. The van der Waals surface area contributed by atoms with Gasteiger partial charge in [0.2, 0.25) is 0 Å². The molecular weight excluding hydrogens is 299 g/mol. The molecule has 1 aromatic heterocycles. The Labute approximate surface area is 131 Å². The molecule has 3 rings (SSSR count). The Kier molecular flexibility index (Phi) is 4.11. The maximum absolute atomic E-state index is 13.1. The molecule has 4 heteroatoms. The predicted octanol–water partition coefficient (Wildman–Crippen LogP) is 4.89. The summed E-state index contributed by atoms with van der Waals surface area (Å²) in [5.74, 6) is -0.734. The smallest absolute Gasteiger partial charge is 0.163 e. The summed E-state index contributed by atoms with van der Waals surface area (Å²) in [6.45, 7) is 0. The van der Waals surface area contributed by atoms with Gasteiger partial charge in [-0.3, -0.25) is 9.59 Å². The van der Waals surface area contributed by atoms with Crippen LogP contribution in [0.5, 0.6) is 0 Å². The van der Waals surface area contributed by atoms with Crippen LogP contribution in [0.2, 0.25) is 0 Å². The predicted molar refractivity (Wildman–Crippen MR) is 86.1 cm³/mol. The lowest BCUT2D eigenvalue weighted by Crippen LogP contribution is -2.05. The monoisotopic (exact) mass is 312 g/mol. The van der Waals surface area contributed by atoms with Crippen LogP contribution in [0.25, 0.3) is 10.1 Å². The van der Waals surface area contributed by atoms with Crippen molar-refractivity contribution in [2.45, 2.75) is 12.8 Å². The molecule has 1 heterocycles. The SMILES string of the molecule is O=C(CCC(=O)c1ccc2sccc2c1)c1cccc(F)c1. The topological polar surface area (TPSA) is 34.1 Å². The number of carbonyl (C=O) groups is 2. The van der Waals surface area contributed by atoms with Crippen molar-refractivity contribution in [1.29, 1.82) is 0 Å². The van der Waals surface area contributed by atoms with Gasteiger partial charge in [0, 0.05) is 28.7 Å². The second-order valence-corrected chi connectivity index (χ2v) is 5.98. The first kappa shape index (κ1) is 14.6. The van der Waals surface area contributed by atoms with Crippen molar-refractivity contribution >= 4 is 33.0 Å². The zero-order valence-corrected chi connectivity index (χ0v) is 12.5. The van der Waals surface area contributed by atoms with Gasteiger partial charge in [-0.15, -0.1) is 11.3 Å². The fourth-order valence-electron chi connectivity index (χ4n) is 2.32. The zero-order chi connectivity index (χ0) is 15.5. The van der Waals surface area contributed by atoms with Crippen LogP contribution in [0.1, 0.15) is 33.6 Å². The van der Waals surface area contributed by atoms with Crippen LogP contribution in [-0.2, 0) is 0 Å². The Balaban J connectivity index is 1.67. The second-order valence-electron chi connectivity index (χ2n) is 5.03. The van der Waals surface area contributed by atoms with Gasteiger partial charge in [0.25, 0.3) is 0 Å². The van der Waals surface area contributed by atoms with Crippen LogP contribution in [0.4, 0.5) is 4.39 Å². The maximum Gasteiger partial charge on any atom is 0.163 e. The van der Waals surface area contributed by atoms with Crippen LogP contribution in [0.15, 0.2) is 53.9 Å². The van der Waals surface area contributed by atoms with E-state index in [4.69, 9.17) is 0 Å². The van der Waals surface area contributed by atoms with Crippen molar-refractivity contribution in [2.75, 3.05) is 0 Å². The van der Waals surface area contributed by atoms with Gasteiger partial charge in [-0.2, -0.15) is 0 Å². The molecule has 0 amide bonds. The average Bonchev–Trinajstić information content (AvgIpc) is 2.99. The first-order valence-electron chi connectivity index (χ1n) is 6.93. The summed E-state index contributed by atoms with van der Waals surface area (Å²) >= 11 is 1.62. The van der Waals surface area contributed by atoms with E-state index in [9.17, 15) is 14.0 Å². The summed E-state index contributed by atoms with van der Waals surface area (Å²) in [7, 11) is 0. The third-order valence-corrected chi connectivity index (χ3v) is 4.40. The highest BCUT2D eigenvalue weighted by Crippen LogP contribution is 2.22. The number of Topliss-reactive ketones (excluding diaryl/α,β-unsaturated/α-hetero) is 2. The van der Waals surface area contributed by atoms with E-state index in [0.717, 1.165) is 10.1 Å². The third-order valence-electron chi connectivity index (χ3n) is 3.50. The van der Waals surface area contributed by atoms with Crippen LogP contribution in [-0.4, -0.2) is 11.6 Å². The molecule has 0 aliphatic carbocycles. The highest BCUT2D eigenvalue weighted by Gasteiger charge is 2.12. The van der Waals surface area contributed by atoms with E-state index in [1.165, 1.54) is 18.2 Å². The van der Waals surface area contributed by atoms with E-state index < -0.39 is 5.82 Å². The molecule has 2 aromatic carbocycles. The number of fused-ring (bicyclic) bond motifs is 1. The van der Waals surface area contributed by atoms with Crippen molar-refractivity contribution in [3.8, 4) is 0 Å². The summed E-state index contributed by atoms with van der Waals surface area (Å²) < 4.78 is 14.2. The van der Waals surface area contributed by atoms with E-state index in [-0.39, 0.29) is 24.4 Å². The van der Waals surface area contributed by atoms with Crippen molar-refractivity contribution in [1.82, 2.24) is 0 Å².